The molecule has 1 saturated heterocycles. The summed E-state index contributed by atoms with van der Waals surface area (Å²) in [6.45, 7) is 1.99. The summed E-state index contributed by atoms with van der Waals surface area (Å²) in [6.07, 6.45) is 2.50. The summed E-state index contributed by atoms with van der Waals surface area (Å²) in [5.74, 6) is 0.810. The Balaban J connectivity index is 2.00. The largest absolute Gasteiger partial charge is 0.368 e. The van der Waals surface area contributed by atoms with Gasteiger partial charge >= 0.3 is 0 Å². The Morgan fingerprint density at radius 1 is 1.54 bits per heavy atom. The first-order chi connectivity index (χ1) is 6.34. The number of aromatic nitrogens is 3. The highest BCUT2D eigenvalue weighted by Crippen LogP contribution is 2.05. The molecule has 6 nitrogen and oxygen atoms in total. The highest BCUT2D eigenvalue weighted by atomic mass is 15.2. The van der Waals surface area contributed by atoms with Crippen molar-refractivity contribution in [2.75, 3.05) is 24.1 Å². The van der Waals surface area contributed by atoms with Crippen LogP contribution in [0.15, 0.2) is 6.33 Å². The normalized spacial score (nSPS) is 21.7. The summed E-state index contributed by atoms with van der Waals surface area (Å²) in [7, 11) is 0. The molecule has 0 aromatic carbocycles. The molecule has 0 unspecified atom stereocenters. The highest BCUT2D eigenvalue weighted by Gasteiger charge is 2.14. The highest BCUT2D eigenvalue weighted by molar-refractivity contribution is 5.30. The lowest BCUT2D eigenvalue weighted by Crippen LogP contribution is -2.23. The first-order valence-electron chi connectivity index (χ1n) is 4.26. The van der Waals surface area contributed by atoms with Crippen molar-refractivity contribution in [3.05, 3.63) is 6.33 Å². The van der Waals surface area contributed by atoms with E-state index in [9.17, 15) is 0 Å². The molecule has 1 fully saturated rings. The predicted molar refractivity (Wildman–Crippen MR) is 49.1 cm³/mol. The number of nitrogens with one attached hydrogen (secondary N) is 2. The van der Waals surface area contributed by atoms with Gasteiger partial charge in [0.25, 0.3) is 0 Å². The van der Waals surface area contributed by atoms with Crippen molar-refractivity contribution >= 4 is 11.9 Å². The molecule has 0 bridgehead atoms. The van der Waals surface area contributed by atoms with Gasteiger partial charge in [-0.2, -0.15) is 4.98 Å². The second kappa shape index (κ2) is 3.53. The number of hydrogen-bond donors (Lipinski definition) is 3. The summed E-state index contributed by atoms with van der Waals surface area (Å²) < 4.78 is 0. The minimum atomic E-state index is 0.253. The van der Waals surface area contributed by atoms with E-state index in [0.717, 1.165) is 19.5 Å². The zero-order chi connectivity index (χ0) is 9.10. The van der Waals surface area contributed by atoms with E-state index in [1.165, 1.54) is 6.33 Å². The lowest BCUT2D eigenvalue weighted by Gasteiger charge is -2.09. The Morgan fingerprint density at radius 3 is 3.15 bits per heavy atom. The summed E-state index contributed by atoms with van der Waals surface area (Å²) in [4.78, 5) is 11.6. The van der Waals surface area contributed by atoms with Crippen LogP contribution in [0.3, 0.4) is 0 Å². The molecule has 1 atom stereocenters. The van der Waals surface area contributed by atoms with Crippen molar-refractivity contribution in [1.82, 2.24) is 20.3 Å². The fraction of sp³-hybridized carbons (Fsp3) is 0.571. The van der Waals surface area contributed by atoms with Gasteiger partial charge in [0, 0.05) is 12.6 Å². The maximum absolute atomic E-state index is 5.42. The average Bonchev–Trinajstić information content (AvgIpc) is 2.57. The molecule has 1 aromatic rings. The third-order valence-corrected chi connectivity index (χ3v) is 1.98. The Labute approximate surface area is 76.0 Å². The summed E-state index contributed by atoms with van der Waals surface area (Å²) in [5.41, 5.74) is 5.42. The monoisotopic (exact) mass is 180 g/mol. The zero-order valence-electron chi connectivity index (χ0n) is 7.20. The zero-order valence-corrected chi connectivity index (χ0v) is 7.20. The van der Waals surface area contributed by atoms with E-state index < -0.39 is 0 Å². The van der Waals surface area contributed by atoms with Gasteiger partial charge < -0.3 is 16.4 Å². The third kappa shape index (κ3) is 2.03. The summed E-state index contributed by atoms with van der Waals surface area (Å²) >= 11 is 0. The van der Waals surface area contributed by atoms with Crippen molar-refractivity contribution in [2.24, 2.45) is 0 Å². The van der Waals surface area contributed by atoms with Crippen molar-refractivity contribution in [3.63, 3.8) is 0 Å². The molecule has 13 heavy (non-hydrogen) atoms. The number of nitrogen functional groups attached to an aromatic ring is 1. The van der Waals surface area contributed by atoms with E-state index in [1.807, 2.05) is 0 Å². The van der Waals surface area contributed by atoms with E-state index in [1.54, 1.807) is 0 Å². The van der Waals surface area contributed by atoms with Gasteiger partial charge in [-0.1, -0.05) is 0 Å². The van der Waals surface area contributed by atoms with Gasteiger partial charge in [0.1, 0.15) is 6.33 Å². The Morgan fingerprint density at radius 2 is 2.46 bits per heavy atom. The van der Waals surface area contributed by atoms with Crippen molar-refractivity contribution in [2.45, 2.75) is 12.5 Å². The Hall–Kier alpha value is -1.43. The van der Waals surface area contributed by atoms with Crippen LogP contribution in [0.1, 0.15) is 6.42 Å². The lowest BCUT2D eigenvalue weighted by molar-refractivity contribution is 0.778. The quantitative estimate of drug-likeness (QED) is 0.553. The first-order valence-corrected chi connectivity index (χ1v) is 4.26. The fourth-order valence-electron chi connectivity index (χ4n) is 1.34. The molecule has 70 valence electrons. The Kier molecular flexibility index (Phi) is 2.22. The van der Waals surface area contributed by atoms with E-state index in [4.69, 9.17) is 5.73 Å². The second-order valence-corrected chi connectivity index (χ2v) is 3.00. The smallest absolute Gasteiger partial charge is 0.227 e. The molecule has 1 aliphatic rings. The van der Waals surface area contributed by atoms with Crippen LogP contribution < -0.4 is 16.4 Å². The minimum Gasteiger partial charge on any atom is -0.368 e. The van der Waals surface area contributed by atoms with E-state index >= 15 is 0 Å². The number of nitrogens with two attached hydrogens (primary N) is 1. The van der Waals surface area contributed by atoms with Gasteiger partial charge in [-0.15, -0.1) is 0 Å². The maximum Gasteiger partial charge on any atom is 0.227 e. The van der Waals surface area contributed by atoms with Crippen LogP contribution in [0, 0.1) is 0 Å². The topological polar surface area (TPSA) is 88.8 Å². The van der Waals surface area contributed by atoms with Gasteiger partial charge in [-0.05, 0) is 13.0 Å². The molecular weight excluding hydrogens is 168 g/mol. The van der Waals surface area contributed by atoms with E-state index in [0.29, 0.717) is 12.0 Å². The molecule has 1 aromatic heterocycles. The van der Waals surface area contributed by atoms with Crippen LogP contribution in [0.25, 0.3) is 0 Å². The first kappa shape index (κ1) is 8.18. The molecule has 0 aliphatic carbocycles. The van der Waals surface area contributed by atoms with Crippen LogP contribution >= 0.6 is 0 Å². The fourth-order valence-corrected chi connectivity index (χ4v) is 1.34. The van der Waals surface area contributed by atoms with E-state index in [-0.39, 0.29) is 5.95 Å². The molecule has 0 spiro atoms. The molecule has 0 amide bonds. The summed E-state index contributed by atoms with van der Waals surface area (Å²) in [5, 5.41) is 6.42. The minimum absolute atomic E-state index is 0.253. The van der Waals surface area contributed by atoms with Crippen molar-refractivity contribution in [3.8, 4) is 0 Å². The number of anilines is 2. The van der Waals surface area contributed by atoms with Gasteiger partial charge in [-0.25, -0.2) is 9.97 Å². The van der Waals surface area contributed by atoms with Crippen LogP contribution in [0.5, 0.6) is 0 Å². The van der Waals surface area contributed by atoms with Crippen LogP contribution in [-0.2, 0) is 0 Å². The lowest BCUT2D eigenvalue weighted by atomic mass is 10.3. The Bertz CT molecular complexity index is 282. The van der Waals surface area contributed by atoms with Crippen LogP contribution in [0.2, 0.25) is 0 Å². The van der Waals surface area contributed by atoms with Crippen molar-refractivity contribution in [1.29, 1.82) is 0 Å². The standard InChI is InChI=1S/C7H12N6/c8-6-10-4-11-7(13-6)12-5-1-2-9-3-5/h4-5,9H,1-3H2,(H3,8,10,11,12,13)/t5-/m1/s1. The van der Waals surface area contributed by atoms with Gasteiger partial charge in [0.15, 0.2) is 0 Å². The number of nitrogens with zero attached hydrogens (tertiary/aromatic N) is 3. The van der Waals surface area contributed by atoms with Crippen molar-refractivity contribution < 1.29 is 0 Å². The molecule has 6 heteroatoms. The predicted octanol–water partition coefficient (Wildman–Crippen LogP) is -0.772. The maximum atomic E-state index is 5.42. The molecule has 2 rings (SSSR count). The molecule has 4 N–H and O–H groups in total. The molecule has 2 heterocycles. The van der Waals surface area contributed by atoms with E-state index in [2.05, 4.69) is 25.6 Å². The molecule has 0 radical (unpaired) electrons. The van der Waals surface area contributed by atoms with Gasteiger partial charge in [0.05, 0.1) is 0 Å². The van der Waals surface area contributed by atoms with Gasteiger partial charge in [-0.3, -0.25) is 0 Å². The summed E-state index contributed by atoms with van der Waals surface area (Å²) in [6, 6.07) is 0.404. The van der Waals surface area contributed by atoms with Gasteiger partial charge in [0.2, 0.25) is 11.9 Å². The molecule has 0 saturated carbocycles. The van der Waals surface area contributed by atoms with Crippen LogP contribution in [-0.4, -0.2) is 34.1 Å². The SMILES string of the molecule is Nc1ncnc(N[C@@H]2CCNC2)n1. The third-order valence-electron chi connectivity index (χ3n) is 1.98. The van der Waals surface area contributed by atoms with Crippen LogP contribution in [0.4, 0.5) is 11.9 Å². The number of hydrogen-bond acceptors (Lipinski definition) is 6. The second-order valence-electron chi connectivity index (χ2n) is 3.00. The molecule has 1 aliphatic heterocycles. The number of rotatable bonds is 2. The average molecular weight is 180 g/mol. The molecular formula is C7H12N6.